The lowest BCUT2D eigenvalue weighted by atomic mass is 9.77. The molecule has 2 aromatic rings. The van der Waals surface area contributed by atoms with Gasteiger partial charge in [-0.15, -0.1) is 0 Å². The van der Waals surface area contributed by atoms with Gasteiger partial charge in [-0.05, 0) is 30.4 Å². The zero-order valence-electron chi connectivity index (χ0n) is 14.0. The quantitative estimate of drug-likeness (QED) is 0.842. The fourth-order valence-corrected chi connectivity index (χ4v) is 3.68. The van der Waals surface area contributed by atoms with Crippen molar-refractivity contribution in [2.75, 3.05) is 0 Å². The molecule has 0 spiro atoms. The van der Waals surface area contributed by atoms with Crippen molar-refractivity contribution in [1.82, 2.24) is 5.32 Å². The summed E-state index contributed by atoms with van der Waals surface area (Å²) < 4.78 is 5.39. The molecule has 1 N–H and O–H groups in total. The van der Waals surface area contributed by atoms with Gasteiger partial charge in [0.05, 0.1) is 18.0 Å². The van der Waals surface area contributed by atoms with Crippen LogP contribution < -0.4 is 5.32 Å². The number of amides is 1. The molecule has 1 heterocycles. The Bertz CT molecular complexity index is 783. The van der Waals surface area contributed by atoms with Crippen LogP contribution in [0.15, 0.2) is 54.6 Å². The van der Waals surface area contributed by atoms with Gasteiger partial charge in [0.15, 0.2) is 0 Å². The first-order valence-corrected chi connectivity index (χ1v) is 8.86. The van der Waals surface area contributed by atoms with Crippen molar-refractivity contribution < 1.29 is 14.3 Å². The molecule has 4 nitrogen and oxygen atoms in total. The SMILES string of the molecule is O=C(C[C@H]1OC(=O)c2ccccc21)N[C@H](c1ccccc1)C1CCC1. The third-order valence-corrected chi connectivity index (χ3v) is 5.24. The highest BCUT2D eigenvalue weighted by molar-refractivity contribution is 5.94. The molecule has 128 valence electrons. The summed E-state index contributed by atoms with van der Waals surface area (Å²) >= 11 is 0. The van der Waals surface area contributed by atoms with E-state index in [9.17, 15) is 9.59 Å². The van der Waals surface area contributed by atoms with E-state index in [-0.39, 0.29) is 24.3 Å². The summed E-state index contributed by atoms with van der Waals surface area (Å²) in [4.78, 5) is 24.6. The highest BCUT2D eigenvalue weighted by atomic mass is 16.5. The molecule has 4 rings (SSSR count). The van der Waals surface area contributed by atoms with Gasteiger partial charge in [-0.25, -0.2) is 4.79 Å². The molecule has 1 fully saturated rings. The van der Waals surface area contributed by atoms with E-state index in [1.54, 1.807) is 6.07 Å². The van der Waals surface area contributed by atoms with E-state index in [4.69, 9.17) is 4.74 Å². The van der Waals surface area contributed by atoms with Crippen LogP contribution in [-0.2, 0) is 9.53 Å². The monoisotopic (exact) mass is 335 g/mol. The van der Waals surface area contributed by atoms with E-state index in [1.807, 2.05) is 36.4 Å². The molecule has 1 aliphatic carbocycles. The summed E-state index contributed by atoms with van der Waals surface area (Å²) in [6.45, 7) is 0. The third kappa shape index (κ3) is 3.16. The Hall–Kier alpha value is -2.62. The van der Waals surface area contributed by atoms with Crippen LogP contribution in [0.3, 0.4) is 0 Å². The average molecular weight is 335 g/mol. The Morgan fingerprint density at radius 2 is 1.80 bits per heavy atom. The van der Waals surface area contributed by atoms with E-state index < -0.39 is 6.10 Å². The second-order valence-electron chi connectivity index (χ2n) is 6.83. The Morgan fingerprint density at radius 1 is 1.08 bits per heavy atom. The summed E-state index contributed by atoms with van der Waals surface area (Å²) in [5, 5.41) is 3.18. The van der Waals surface area contributed by atoms with Gasteiger partial charge in [0.25, 0.3) is 0 Å². The molecule has 0 bridgehead atoms. The van der Waals surface area contributed by atoms with Crippen LogP contribution in [0.25, 0.3) is 0 Å². The maximum atomic E-state index is 12.6. The number of fused-ring (bicyclic) bond motifs is 1. The van der Waals surface area contributed by atoms with Crippen molar-refractivity contribution in [1.29, 1.82) is 0 Å². The minimum Gasteiger partial charge on any atom is -0.453 e. The molecule has 2 aliphatic rings. The van der Waals surface area contributed by atoms with Gasteiger partial charge >= 0.3 is 5.97 Å². The van der Waals surface area contributed by atoms with Crippen molar-refractivity contribution in [3.8, 4) is 0 Å². The average Bonchev–Trinajstić information content (AvgIpc) is 2.90. The van der Waals surface area contributed by atoms with Crippen LogP contribution in [0.5, 0.6) is 0 Å². The Labute approximate surface area is 147 Å². The van der Waals surface area contributed by atoms with E-state index in [2.05, 4.69) is 17.4 Å². The Balaban J connectivity index is 1.47. The van der Waals surface area contributed by atoms with Crippen LogP contribution in [0.1, 0.15) is 59.3 Å². The van der Waals surface area contributed by atoms with Gasteiger partial charge in [-0.1, -0.05) is 55.0 Å². The summed E-state index contributed by atoms with van der Waals surface area (Å²) in [7, 11) is 0. The molecule has 0 saturated heterocycles. The second-order valence-corrected chi connectivity index (χ2v) is 6.83. The zero-order valence-corrected chi connectivity index (χ0v) is 14.0. The lowest BCUT2D eigenvalue weighted by Gasteiger charge is -2.34. The highest BCUT2D eigenvalue weighted by Crippen LogP contribution is 2.38. The molecular formula is C21H21NO3. The molecule has 0 unspecified atom stereocenters. The van der Waals surface area contributed by atoms with Gasteiger partial charge < -0.3 is 10.1 Å². The number of benzene rings is 2. The summed E-state index contributed by atoms with van der Waals surface area (Å²) in [5.41, 5.74) is 2.52. The van der Waals surface area contributed by atoms with Crippen molar-refractivity contribution in [3.63, 3.8) is 0 Å². The van der Waals surface area contributed by atoms with E-state index in [0.717, 1.165) is 24.0 Å². The maximum absolute atomic E-state index is 12.6. The van der Waals surface area contributed by atoms with Crippen molar-refractivity contribution >= 4 is 11.9 Å². The zero-order chi connectivity index (χ0) is 17.2. The summed E-state index contributed by atoms with van der Waals surface area (Å²) in [6.07, 6.45) is 3.18. The van der Waals surface area contributed by atoms with E-state index in [1.165, 1.54) is 6.42 Å². The Morgan fingerprint density at radius 3 is 2.52 bits per heavy atom. The molecule has 2 atom stereocenters. The number of cyclic esters (lactones) is 1. The standard InChI is InChI=1S/C21H21NO3/c23-19(13-18-16-11-4-5-12-17(16)21(24)25-18)22-20(15-9-6-10-15)14-7-2-1-3-8-14/h1-5,7-8,11-12,15,18,20H,6,9-10,13H2,(H,22,23)/t18-,20-/m1/s1. The predicted octanol–water partition coefficient (Wildman–Crippen LogP) is 3.95. The molecule has 1 amide bonds. The third-order valence-electron chi connectivity index (χ3n) is 5.24. The first-order chi connectivity index (χ1) is 12.2. The predicted molar refractivity (Wildman–Crippen MR) is 93.9 cm³/mol. The van der Waals surface area contributed by atoms with Crippen molar-refractivity contribution in [3.05, 3.63) is 71.3 Å². The highest BCUT2D eigenvalue weighted by Gasteiger charge is 2.34. The van der Waals surface area contributed by atoms with Crippen molar-refractivity contribution in [2.24, 2.45) is 5.92 Å². The molecule has 4 heteroatoms. The van der Waals surface area contributed by atoms with Gasteiger partial charge in [0, 0.05) is 5.56 Å². The van der Waals surface area contributed by atoms with Crippen LogP contribution in [0.2, 0.25) is 0 Å². The van der Waals surface area contributed by atoms with Gasteiger partial charge in [-0.3, -0.25) is 4.79 Å². The maximum Gasteiger partial charge on any atom is 0.339 e. The minimum absolute atomic E-state index is 0.0369. The topological polar surface area (TPSA) is 55.4 Å². The number of carbonyl (C=O) groups is 2. The normalized spacial score (nSPS) is 20.3. The smallest absolute Gasteiger partial charge is 0.339 e. The number of hydrogen-bond donors (Lipinski definition) is 1. The van der Waals surface area contributed by atoms with Crippen molar-refractivity contribution in [2.45, 2.75) is 37.8 Å². The summed E-state index contributed by atoms with van der Waals surface area (Å²) in [5.74, 6) is 0.0759. The lowest BCUT2D eigenvalue weighted by molar-refractivity contribution is -0.124. The van der Waals surface area contributed by atoms with Gasteiger partial charge in [0.2, 0.25) is 5.91 Å². The van der Waals surface area contributed by atoms with Crippen LogP contribution >= 0.6 is 0 Å². The summed E-state index contributed by atoms with van der Waals surface area (Å²) in [6, 6.07) is 17.4. The molecular weight excluding hydrogens is 314 g/mol. The number of esters is 1. The van der Waals surface area contributed by atoms with E-state index >= 15 is 0 Å². The molecule has 1 aliphatic heterocycles. The number of nitrogens with one attached hydrogen (secondary N) is 1. The fraction of sp³-hybridized carbons (Fsp3) is 0.333. The molecule has 0 aromatic heterocycles. The fourth-order valence-electron chi connectivity index (χ4n) is 3.68. The number of carbonyl (C=O) groups excluding carboxylic acids is 2. The molecule has 25 heavy (non-hydrogen) atoms. The van der Waals surface area contributed by atoms with Crippen LogP contribution in [0, 0.1) is 5.92 Å². The van der Waals surface area contributed by atoms with Crippen LogP contribution in [0.4, 0.5) is 0 Å². The molecule has 0 radical (unpaired) electrons. The molecule has 2 aromatic carbocycles. The van der Waals surface area contributed by atoms with Crippen LogP contribution in [-0.4, -0.2) is 11.9 Å². The minimum atomic E-state index is -0.485. The van der Waals surface area contributed by atoms with E-state index in [0.29, 0.717) is 11.5 Å². The number of rotatable bonds is 5. The molecule has 1 saturated carbocycles. The largest absolute Gasteiger partial charge is 0.453 e. The number of ether oxygens (including phenoxy) is 1. The van der Waals surface area contributed by atoms with Gasteiger partial charge in [0.1, 0.15) is 6.10 Å². The first-order valence-electron chi connectivity index (χ1n) is 8.86. The second kappa shape index (κ2) is 6.71. The van der Waals surface area contributed by atoms with Gasteiger partial charge in [-0.2, -0.15) is 0 Å². The number of hydrogen-bond acceptors (Lipinski definition) is 3. The Kier molecular flexibility index (Phi) is 4.26. The first kappa shape index (κ1) is 15.9. The lowest BCUT2D eigenvalue weighted by Crippen LogP contribution is -2.36.